The molecule has 0 bridgehead atoms. The quantitative estimate of drug-likeness (QED) is 0.687. The molecule has 1 aliphatic heterocycles. The summed E-state index contributed by atoms with van der Waals surface area (Å²) in [6.45, 7) is 2.22. The molecule has 1 fully saturated rings. The molecular weight excluding hydrogens is 190 g/mol. The smallest absolute Gasteiger partial charge is 0.316 e. The molecule has 4 nitrogen and oxygen atoms in total. The summed E-state index contributed by atoms with van der Waals surface area (Å²) in [4.78, 5) is 10.6. The van der Waals surface area contributed by atoms with Crippen molar-refractivity contribution in [2.75, 3.05) is 18.4 Å². The summed E-state index contributed by atoms with van der Waals surface area (Å²) in [5.41, 5.74) is 7.07. The standard InChI is InChI=1S/C11H15N3O/c12-11(15)14-10-3-1-8(2-4-10)5-9-6-13-7-9/h1-4,9,13H,5-7H2,(H3,12,14,15). The SMILES string of the molecule is NC(=O)Nc1ccc(CC2CNC2)cc1. The van der Waals surface area contributed by atoms with E-state index in [2.05, 4.69) is 10.6 Å². The molecule has 4 heteroatoms. The van der Waals surface area contributed by atoms with Crippen LogP contribution in [0.15, 0.2) is 24.3 Å². The van der Waals surface area contributed by atoms with Gasteiger partial charge in [0.25, 0.3) is 0 Å². The van der Waals surface area contributed by atoms with Gasteiger partial charge in [-0.25, -0.2) is 4.79 Å². The number of nitrogens with one attached hydrogen (secondary N) is 2. The molecule has 0 aliphatic carbocycles. The van der Waals surface area contributed by atoms with Crippen molar-refractivity contribution in [2.24, 2.45) is 11.7 Å². The Hall–Kier alpha value is -1.55. The van der Waals surface area contributed by atoms with Crippen molar-refractivity contribution in [3.63, 3.8) is 0 Å². The highest BCUT2D eigenvalue weighted by Gasteiger charge is 2.16. The molecule has 4 N–H and O–H groups in total. The van der Waals surface area contributed by atoms with Crippen molar-refractivity contribution in [1.29, 1.82) is 0 Å². The van der Waals surface area contributed by atoms with Crippen LogP contribution in [0.4, 0.5) is 10.5 Å². The molecule has 2 rings (SSSR count). The highest BCUT2D eigenvalue weighted by atomic mass is 16.2. The Morgan fingerprint density at radius 2 is 2.07 bits per heavy atom. The molecular formula is C11H15N3O. The minimum Gasteiger partial charge on any atom is -0.351 e. The lowest BCUT2D eigenvalue weighted by Crippen LogP contribution is -2.43. The van der Waals surface area contributed by atoms with Crippen LogP contribution in [0.25, 0.3) is 0 Å². The van der Waals surface area contributed by atoms with Crippen molar-refractivity contribution >= 4 is 11.7 Å². The Balaban J connectivity index is 1.93. The third-order valence-electron chi connectivity index (χ3n) is 2.61. The zero-order valence-corrected chi connectivity index (χ0v) is 8.49. The van der Waals surface area contributed by atoms with E-state index in [-0.39, 0.29) is 0 Å². The molecule has 0 saturated carbocycles. The number of carbonyl (C=O) groups is 1. The van der Waals surface area contributed by atoms with Gasteiger partial charge in [-0.05, 0) is 43.1 Å². The number of primary amides is 1. The summed E-state index contributed by atoms with van der Waals surface area (Å²) >= 11 is 0. The summed E-state index contributed by atoms with van der Waals surface area (Å²) in [6.07, 6.45) is 1.10. The largest absolute Gasteiger partial charge is 0.351 e. The first-order valence-corrected chi connectivity index (χ1v) is 5.10. The fraction of sp³-hybridized carbons (Fsp3) is 0.364. The number of amides is 2. The van der Waals surface area contributed by atoms with Crippen LogP contribution < -0.4 is 16.4 Å². The van der Waals surface area contributed by atoms with E-state index in [1.54, 1.807) is 0 Å². The number of hydrogen-bond donors (Lipinski definition) is 3. The second kappa shape index (κ2) is 4.31. The number of rotatable bonds is 3. The van der Waals surface area contributed by atoms with E-state index in [1.165, 1.54) is 5.56 Å². The lowest BCUT2D eigenvalue weighted by molar-refractivity contribution is 0.259. The van der Waals surface area contributed by atoms with Gasteiger partial charge in [-0.1, -0.05) is 12.1 Å². The maximum atomic E-state index is 10.6. The second-order valence-corrected chi connectivity index (χ2v) is 3.91. The molecule has 1 aromatic carbocycles. The maximum absolute atomic E-state index is 10.6. The van der Waals surface area contributed by atoms with Crippen molar-refractivity contribution < 1.29 is 4.79 Å². The minimum atomic E-state index is -0.522. The van der Waals surface area contributed by atoms with E-state index >= 15 is 0 Å². The second-order valence-electron chi connectivity index (χ2n) is 3.91. The number of nitrogens with two attached hydrogens (primary N) is 1. The Labute approximate surface area is 88.9 Å². The van der Waals surface area contributed by atoms with Gasteiger partial charge in [0.1, 0.15) is 0 Å². The highest BCUT2D eigenvalue weighted by Crippen LogP contribution is 2.15. The molecule has 1 saturated heterocycles. The van der Waals surface area contributed by atoms with Gasteiger partial charge in [0.15, 0.2) is 0 Å². The number of hydrogen-bond acceptors (Lipinski definition) is 2. The summed E-state index contributed by atoms with van der Waals surface area (Å²) in [6, 6.07) is 7.30. The predicted molar refractivity (Wildman–Crippen MR) is 59.7 cm³/mol. The molecule has 1 aromatic rings. The molecule has 0 radical (unpaired) electrons. The van der Waals surface area contributed by atoms with E-state index in [4.69, 9.17) is 5.73 Å². The number of urea groups is 1. The van der Waals surface area contributed by atoms with Crippen LogP contribution in [0.1, 0.15) is 5.56 Å². The Morgan fingerprint density at radius 3 is 2.53 bits per heavy atom. The number of benzene rings is 1. The van der Waals surface area contributed by atoms with E-state index in [0.717, 1.165) is 31.1 Å². The third kappa shape index (κ3) is 2.70. The van der Waals surface area contributed by atoms with Crippen LogP contribution in [0, 0.1) is 5.92 Å². The molecule has 0 aromatic heterocycles. The number of carbonyl (C=O) groups excluding carboxylic acids is 1. The highest BCUT2D eigenvalue weighted by molar-refractivity contribution is 5.87. The van der Waals surface area contributed by atoms with E-state index in [1.807, 2.05) is 24.3 Å². The van der Waals surface area contributed by atoms with Gasteiger partial charge in [-0.2, -0.15) is 0 Å². The zero-order chi connectivity index (χ0) is 10.7. The van der Waals surface area contributed by atoms with E-state index in [9.17, 15) is 4.79 Å². The van der Waals surface area contributed by atoms with Crippen LogP contribution in [-0.2, 0) is 6.42 Å². The van der Waals surface area contributed by atoms with Crippen LogP contribution in [0.3, 0.4) is 0 Å². The van der Waals surface area contributed by atoms with E-state index < -0.39 is 6.03 Å². The molecule has 2 amide bonds. The van der Waals surface area contributed by atoms with Crippen molar-refractivity contribution in [1.82, 2.24) is 5.32 Å². The molecule has 0 atom stereocenters. The van der Waals surface area contributed by atoms with Crippen LogP contribution >= 0.6 is 0 Å². The zero-order valence-electron chi connectivity index (χ0n) is 8.49. The first kappa shape index (κ1) is 9.98. The summed E-state index contributed by atoms with van der Waals surface area (Å²) in [5.74, 6) is 0.764. The van der Waals surface area contributed by atoms with Gasteiger partial charge >= 0.3 is 6.03 Å². The average molecular weight is 205 g/mol. The van der Waals surface area contributed by atoms with Gasteiger partial charge < -0.3 is 16.4 Å². The Kier molecular flexibility index (Phi) is 2.87. The normalized spacial score (nSPS) is 15.7. The van der Waals surface area contributed by atoms with Crippen molar-refractivity contribution in [3.05, 3.63) is 29.8 Å². The maximum Gasteiger partial charge on any atom is 0.316 e. The lowest BCUT2D eigenvalue weighted by Gasteiger charge is -2.27. The molecule has 0 spiro atoms. The topological polar surface area (TPSA) is 67.2 Å². The molecule has 1 aliphatic rings. The van der Waals surface area contributed by atoms with Crippen LogP contribution in [0.2, 0.25) is 0 Å². The molecule has 80 valence electrons. The van der Waals surface area contributed by atoms with Crippen molar-refractivity contribution in [2.45, 2.75) is 6.42 Å². The van der Waals surface area contributed by atoms with Crippen LogP contribution in [-0.4, -0.2) is 19.1 Å². The lowest BCUT2D eigenvalue weighted by atomic mass is 9.94. The summed E-state index contributed by atoms with van der Waals surface area (Å²) < 4.78 is 0. The first-order chi connectivity index (χ1) is 7.24. The van der Waals surface area contributed by atoms with Gasteiger partial charge in [-0.15, -0.1) is 0 Å². The third-order valence-corrected chi connectivity index (χ3v) is 2.61. The van der Waals surface area contributed by atoms with Gasteiger partial charge in [0, 0.05) is 5.69 Å². The number of anilines is 1. The summed E-state index contributed by atoms with van der Waals surface area (Å²) in [5, 5.41) is 5.79. The van der Waals surface area contributed by atoms with E-state index in [0.29, 0.717) is 0 Å². The van der Waals surface area contributed by atoms with Gasteiger partial charge in [-0.3, -0.25) is 0 Å². The first-order valence-electron chi connectivity index (χ1n) is 5.10. The fourth-order valence-corrected chi connectivity index (χ4v) is 1.69. The summed E-state index contributed by atoms with van der Waals surface area (Å²) in [7, 11) is 0. The minimum absolute atomic E-state index is 0.522. The monoisotopic (exact) mass is 205 g/mol. The predicted octanol–water partition coefficient (Wildman–Crippen LogP) is 0.939. The van der Waals surface area contributed by atoms with Crippen LogP contribution in [0.5, 0.6) is 0 Å². The Bertz CT molecular complexity index is 343. The Morgan fingerprint density at radius 1 is 1.40 bits per heavy atom. The molecule has 1 heterocycles. The fourth-order valence-electron chi connectivity index (χ4n) is 1.69. The average Bonchev–Trinajstić information content (AvgIpc) is 2.13. The van der Waals surface area contributed by atoms with Gasteiger partial charge in [0.05, 0.1) is 0 Å². The molecule has 15 heavy (non-hydrogen) atoms. The molecule has 0 unspecified atom stereocenters. The van der Waals surface area contributed by atoms with Crippen molar-refractivity contribution in [3.8, 4) is 0 Å². The van der Waals surface area contributed by atoms with Gasteiger partial charge in [0.2, 0.25) is 0 Å².